The Morgan fingerprint density at radius 2 is 2.38 bits per heavy atom. The zero-order chi connectivity index (χ0) is 14.8. The summed E-state index contributed by atoms with van der Waals surface area (Å²) in [5, 5.41) is 4.35. The highest BCUT2D eigenvalue weighted by molar-refractivity contribution is 7.99. The molecule has 2 aromatic heterocycles. The first-order chi connectivity index (χ1) is 10.2. The van der Waals surface area contributed by atoms with E-state index in [-0.39, 0.29) is 11.9 Å². The lowest BCUT2D eigenvalue weighted by Gasteiger charge is -2.35. The topological polar surface area (TPSA) is 53.9 Å². The van der Waals surface area contributed by atoms with Crippen LogP contribution in [0.2, 0.25) is 0 Å². The molecule has 1 aliphatic rings. The lowest BCUT2D eigenvalue weighted by molar-refractivity contribution is 0.0701. The molecule has 3 heterocycles. The van der Waals surface area contributed by atoms with Gasteiger partial charge in [-0.1, -0.05) is 0 Å². The first-order valence-corrected chi connectivity index (χ1v) is 8.40. The normalized spacial score (nSPS) is 19.0. The number of aryl methyl sites for hydroxylation is 2. The van der Waals surface area contributed by atoms with Crippen molar-refractivity contribution in [2.75, 3.05) is 18.1 Å². The summed E-state index contributed by atoms with van der Waals surface area (Å²) >= 11 is 1.90. The van der Waals surface area contributed by atoms with Crippen LogP contribution in [0, 0.1) is 6.92 Å². The molecule has 112 valence electrons. The molecule has 5 nitrogen and oxygen atoms in total. The second-order valence-electron chi connectivity index (χ2n) is 5.27. The highest BCUT2D eigenvalue weighted by Gasteiger charge is 2.30. The molecular weight excluding hydrogens is 284 g/mol. The Bertz CT molecular complexity index is 633. The number of H-pyrrole nitrogens is 1. The quantitative estimate of drug-likeness (QED) is 0.948. The molecule has 6 heteroatoms. The van der Waals surface area contributed by atoms with Crippen LogP contribution >= 0.6 is 11.8 Å². The van der Waals surface area contributed by atoms with E-state index in [4.69, 9.17) is 0 Å². The van der Waals surface area contributed by atoms with E-state index in [1.54, 1.807) is 6.20 Å². The van der Waals surface area contributed by atoms with Crippen LogP contribution in [0.3, 0.4) is 0 Å². The van der Waals surface area contributed by atoms with E-state index in [1.165, 1.54) is 0 Å². The summed E-state index contributed by atoms with van der Waals surface area (Å²) in [6, 6.07) is 0.117. The van der Waals surface area contributed by atoms with Crippen molar-refractivity contribution in [2.45, 2.75) is 26.4 Å². The van der Waals surface area contributed by atoms with Crippen LogP contribution in [0.5, 0.6) is 0 Å². The molecule has 1 N–H and O–H groups in total. The van der Waals surface area contributed by atoms with Crippen LogP contribution in [0.25, 0.3) is 0 Å². The largest absolute Gasteiger partial charge is 0.367 e. The minimum absolute atomic E-state index is 0.114. The van der Waals surface area contributed by atoms with Crippen LogP contribution < -0.4 is 0 Å². The lowest BCUT2D eigenvalue weighted by atomic mass is 10.1. The molecule has 0 saturated carbocycles. The molecule has 0 aliphatic carbocycles. The molecular formula is C15H20N4OS. The maximum Gasteiger partial charge on any atom is 0.256 e. The Morgan fingerprint density at radius 3 is 3.05 bits per heavy atom. The van der Waals surface area contributed by atoms with Crippen molar-refractivity contribution in [1.29, 1.82) is 0 Å². The minimum atomic E-state index is 0.114. The Morgan fingerprint density at radius 1 is 1.52 bits per heavy atom. The van der Waals surface area contributed by atoms with Gasteiger partial charge >= 0.3 is 0 Å². The van der Waals surface area contributed by atoms with Gasteiger partial charge < -0.3 is 9.88 Å². The SMILES string of the molecule is CCn1cc(C2CSCCN2C(=O)c2c[nH]cc2C)cn1. The second kappa shape index (κ2) is 5.97. The number of aromatic nitrogens is 3. The van der Waals surface area contributed by atoms with Gasteiger partial charge in [0.15, 0.2) is 0 Å². The van der Waals surface area contributed by atoms with E-state index < -0.39 is 0 Å². The zero-order valence-corrected chi connectivity index (χ0v) is 13.2. The van der Waals surface area contributed by atoms with Crippen molar-refractivity contribution in [1.82, 2.24) is 19.7 Å². The molecule has 2 aromatic rings. The number of aromatic amines is 1. The molecule has 21 heavy (non-hydrogen) atoms. The van der Waals surface area contributed by atoms with Gasteiger partial charge in [0.25, 0.3) is 5.91 Å². The standard InChI is InChI=1S/C15H20N4OS/c1-3-18-9-12(7-17-18)14-10-21-5-4-19(14)15(20)13-8-16-6-11(13)2/h6-9,14,16H,3-5,10H2,1-2H3. The molecule has 1 saturated heterocycles. The number of thioether (sulfide) groups is 1. The number of hydrogen-bond donors (Lipinski definition) is 1. The van der Waals surface area contributed by atoms with E-state index >= 15 is 0 Å². The van der Waals surface area contributed by atoms with Crippen LogP contribution in [-0.2, 0) is 6.54 Å². The molecule has 1 atom stereocenters. The predicted octanol–water partition coefficient (Wildman–Crippen LogP) is 2.47. The lowest BCUT2D eigenvalue weighted by Crippen LogP contribution is -2.40. The minimum Gasteiger partial charge on any atom is -0.367 e. The van der Waals surface area contributed by atoms with E-state index in [0.717, 1.165) is 41.3 Å². The average molecular weight is 304 g/mol. The van der Waals surface area contributed by atoms with E-state index in [1.807, 2.05) is 40.7 Å². The molecule has 3 rings (SSSR count). The highest BCUT2D eigenvalue weighted by Crippen LogP contribution is 2.31. The summed E-state index contributed by atoms with van der Waals surface area (Å²) in [5.41, 5.74) is 2.90. The number of rotatable bonds is 3. The second-order valence-corrected chi connectivity index (χ2v) is 6.42. The van der Waals surface area contributed by atoms with E-state index in [9.17, 15) is 4.79 Å². The predicted molar refractivity (Wildman–Crippen MR) is 84.5 cm³/mol. The monoisotopic (exact) mass is 304 g/mol. The Balaban J connectivity index is 1.87. The zero-order valence-electron chi connectivity index (χ0n) is 12.4. The van der Waals surface area contributed by atoms with Crippen LogP contribution in [-0.4, -0.2) is 43.6 Å². The van der Waals surface area contributed by atoms with Crippen LogP contribution in [0.15, 0.2) is 24.8 Å². The smallest absolute Gasteiger partial charge is 0.256 e. The molecule has 0 bridgehead atoms. The van der Waals surface area contributed by atoms with E-state index in [2.05, 4.69) is 23.2 Å². The third kappa shape index (κ3) is 2.72. The number of carbonyl (C=O) groups is 1. The fraction of sp³-hybridized carbons (Fsp3) is 0.467. The van der Waals surface area contributed by atoms with Gasteiger partial charge in [0.1, 0.15) is 0 Å². The van der Waals surface area contributed by atoms with Gasteiger partial charge in [-0.2, -0.15) is 16.9 Å². The van der Waals surface area contributed by atoms with Gasteiger partial charge in [-0.3, -0.25) is 9.48 Å². The number of hydrogen-bond acceptors (Lipinski definition) is 3. The van der Waals surface area contributed by atoms with Gasteiger partial charge in [0.2, 0.25) is 0 Å². The summed E-state index contributed by atoms with van der Waals surface area (Å²) in [6.07, 6.45) is 7.62. The summed E-state index contributed by atoms with van der Waals surface area (Å²) < 4.78 is 1.92. The van der Waals surface area contributed by atoms with Gasteiger partial charge in [-0.05, 0) is 19.4 Å². The van der Waals surface area contributed by atoms with E-state index in [0.29, 0.717) is 0 Å². The maximum atomic E-state index is 12.8. The molecule has 1 unspecified atom stereocenters. The number of amides is 1. The third-order valence-corrected chi connectivity index (χ3v) is 4.96. The molecule has 1 aliphatic heterocycles. The fourth-order valence-corrected chi connectivity index (χ4v) is 3.76. The molecule has 0 aromatic carbocycles. The van der Waals surface area contributed by atoms with Gasteiger partial charge in [0, 0.05) is 48.7 Å². The summed E-state index contributed by atoms with van der Waals surface area (Å²) in [6.45, 7) is 5.67. The Kier molecular flexibility index (Phi) is 4.05. The highest BCUT2D eigenvalue weighted by atomic mass is 32.2. The fourth-order valence-electron chi connectivity index (χ4n) is 2.67. The average Bonchev–Trinajstić information content (AvgIpc) is 3.15. The number of nitrogens with zero attached hydrogens (tertiary/aromatic N) is 3. The Labute approximate surface area is 128 Å². The van der Waals surface area contributed by atoms with Gasteiger partial charge in [0.05, 0.1) is 17.8 Å². The van der Waals surface area contributed by atoms with Gasteiger partial charge in [-0.25, -0.2) is 0 Å². The summed E-state index contributed by atoms with van der Waals surface area (Å²) in [7, 11) is 0. The van der Waals surface area contributed by atoms with Crippen LogP contribution in [0.4, 0.5) is 0 Å². The summed E-state index contributed by atoms with van der Waals surface area (Å²) in [5.74, 6) is 2.04. The molecule has 0 radical (unpaired) electrons. The van der Waals surface area contributed by atoms with Crippen molar-refractivity contribution < 1.29 is 4.79 Å². The summed E-state index contributed by atoms with van der Waals surface area (Å²) in [4.78, 5) is 17.8. The van der Waals surface area contributed by atoms with Gasteiger partial charge in [-0.15, -0.1) is 0 Å². The number of nitrogens with one attached hydrogen (secondary N) is 1. The van der Waals surface area contributed by atoms with Crippen LogP contribution in [0.1, 0.15) is 34.5 Å². The van der Waals surface area contributed by atoms with Crippen molar-refractivity contribution >= 4 is 17.7 Å². The van der Waals surface area contributed by atoms with Crippen molar-refractivity contribution in [3.05, 3.63) is 41.5 Å². The molecule has 1 fully saturated rings. The first kappa shape index (κ1) is 14.3. The molecule has 1 amide bonds. The van der Waals surface area contributed by atoms with Crippen molar-refractivity contribution in [3.8, 4) is 0 Å². The third-order valence-electron chi connectivity index (χ3n) is 3.93. The maximum absolute atomic E-state index is 12.8. The first-order valence-electron chi connectivity index (χ1n) is 7.25. The Hall–Kier alpha value is -1.69. The molecule has 0 spiro atoms. The van der Waals surface area contributed by atoms with Crippen molar-refractivity contribution in [3.63, 3.8) is 0 Å². The van der Waals surface area contributed by atoms with Crippen molar-refractivity contribution in [2.24, 2.45) is 0 Å². The number of carbonyl (C=O) groups excluding carboxylic acids is 1.